The number of carbonyl (C=O) groups excluding carboxylic acids is 1. The van der Waals surface area contributed by atoms with Gasteiger partial charge in [-0.25, -0.2) is 4.79 Å². The third kappa shape index (κ3) is 3.17. The molecule has 0 amide bonds. The molecule has 2 N–H and O–H groups in total. The van der Waals surface area contributed by atoms with E-state index >= 15 is 0 Å². The molecular weight excluding hydrogens is 300 g/mol. The molecule has 2 atom stereocenters. The number of aliphatic hydroxyl groups excluding tert-OH is 1. The Labute approximate surface area is 114 Å². The Kier molecular flexibility index (Phi) is 5.04. The van der Waals surface area contributed by atoms with E-state index in [0.29, 0.717) is 5.56 Å². The second kappa shape index (κ2) is 6.11. The Bertz CT molecular complexity index is 470. The van der Waals surface area contributed by atoms with Crippen molar-refractivity contribution in [3.05, 3.63) is 34.9 Å². The van der Waals surface area contributed by atoms with Crippen LogP contribution in [0.3, 0.4) is 0 Å². The van der Waals surface area contributed by atoms with E-state index < -0.39 is 16.9 Å². The highest BCUT2D eigenvalue weighted by Crippen LogP contribution is 2.31. The summed E-state index contributed by atoms with van der Waals surface area (Å²) < 4.78 is 0. The molecule has 18 heavy (non-hydrogen) atoms. The molecule has 0 aliphatic heterocycles. The number of halogens is 1. The van der Waals surface area contributed by atoms with Crippen molar-refractivity contribution in [3.8, 4) is 0 Å². The zero-order chi connectivity index (χ0) is 13.9. The Morgan fingerprint density at radius 3 is 2.39 bits per heavy atom. The van der Waals surface area contributed by atoms with E-state index in [0.717, 1.165) is 12.0 Å². The topological polar surface area (TPSA) is 74.6 Å². The van der Waals surface area contributed by atoms with Crippen LogP contribution in [0.5, 0.6) is 0 Å². The third-order valence-electron chi connectivity index (χ3n) is 2.72. The molecule has 2 unspecified atom stereocenters. The van der Waals surface area contributed by atoms with Crippen LogP contribution in [0.25, 0.3) is 0 Å². The van der Waals surface area contributed by atoms with Crippen molar-refractivity contribution < 1.29 is 19.8 Å². The smallest absolute Gasteiger partial charge is 0.337 e. The number of aryl methyl sites for hydroxylation is 1. The summed E-state index contributed by atoms with van der Waals surface area (Å²) in [7, 11) is 0. The number of aliphatic hydroxyl groups is 1. The van der Waals surface area contributed by atoms with Crippen LogP contribution in [0, 0.1) is 0 Å². The molecule has 5 heteroatoms. The number of hydrogen-bond acceptors (Lipinski definition) is 3. The molecule has 0 aliphatic carbocycles. The van der Waals surface area contributed by atoms with Gasteiger partial charge in [-0.2, -0.15) is 0 Å². The maximum absolute atomic E-state index is 11.4. The monoisotopic (exact) mass is 314 g/mol. The molecule has 0 saturated carbocycles. The van der Waals surface area contributed by atoms with Crippen molar-refractivity contribution >= 4 is 27.7 Å². The van der Waals surface area contributed by atoms with Crippen LogP contribution in [0.4, 0.5) is 0 Å². The molecule has 0 fully saturated rings. The maximum Gasteiger partial charge on any atom is 0.337 e. The zero-order valence-electron chi connectivity index (χ0n) is 10.2. The molecule has 0 spiro atoms. The molecular formula is C13H15BrO4. The summed E-state index contributed by atoms with van der Waals surface area (Å²) in [6, 6.07) is 5.07. The molecule has 0 bridgehead atoms. The highest BCUT2D eigenvalue weighted by atomic mass is 79.9. The molecule has 0 aromatic heterocycles. The fraction of sp³-hybridized carbons (Fsp3) is 0.385. The van der Waals surface area contributed by atoms with Gasteiger partial charge in [0.15, 0.2) is 6.10 Å². The van der Waals surface area contributed by atoms with Gasteiger partial charge in [-0.05, 0) is 30.0 Å². The Morgan fingerprint density at radius 2 is 1.94 bits per heavy atom. The van der Waals surface area contributed by atoms with Gasteiger partial charge in [0.05, 0.1) is 4.83 Å². The van der Waals surface area contributed by atoms with E-state index in [2.05, 4.69) is 15.9 Å². The normalized spacial score (nSPS) is 14.0. The molecule has 98 valence electrons. The van der Waals surface area contributed by atoms with E-state index in [1.165, 1.54) is 6.92 Å². The van der Waals surface area contributed by atoms with Crippen LogP contribution in [0.2, 0.25) is 0 Å². The van der Waals surface area contributed by atoms with E-state index in [-0.39, 0.29) is 11.3 Å². The zero-order valence-corrected chi connectivity index (χ0v) is 11.8. The molecule has 0 radical (unpaired) electrons. The lowest BCUT2D eigenvalue weighted by Gasteiger charge is -2.16. The first-order valence-electron chi connectivity index (χ1n) is 5.56. The summed E-state index contributed by atoms with van der Waals surface area (Å²) in [6.07, 6.45) is -0.848. The van der Waals surface area contributed by atoms with Gasteiger partial charge in [-0.1, -0.05) is 41.1 Å². The van der Waals surface area contributed by atoms with Crippen LogP contribution in [-0.2, 0) is 16.0 Å². The minimum Gasteiger partial charge on any atom is -0.479 e. The van der Waals surface area contributed by atoms with Gasteiger partial charge in [0.25, 0.3) is 0 Å². The lowest BCUT2D eigenvalue weighted by Crippen LogP contribution is -2.15. The van der Waals surface area contributed by atoms with Gasteiger partial charge >= 0.3 is 5.97 Å². The molecule has 1 aromatic carbocycles. The first-order valence-corrected chi connectivity index (χ1v) is 6.48. The van der Waals surface area contributed by atoms with Gasteiger partial charge in [-0.3, -0.25) is 4.79 Å². The largest absolute Gasteiger partial charge is 0.479 e. The van der Waals surface area contributed by atoms with Crippen LogP contribution < -0.4 is 0 Å². The van der Waals surface area contributed by atoms with Crippen molar-refractivity contribution in [1.82, 2.24) is 0 Å². The number of carboxylic acids is 1. The summed E-state index contributed by atoms with van der Waals surface area (Å²) in [5, 5.41) is 18.5. The summed E-state index contributed by atoms with van der Waals surface area (Å²) in [5.74, 6) is -1.47. The second-order valence-electron chi connectivity index (χ2n) is 4.03. The Balaban J connectivity index is 3.33. The minimum atomic E-state index is -1.62. The molecule has 0 saturated heterocycles. The number of carboxylic acid groups (broad SMARTS) is 1. The first-order chi connectivity index (χ1) is 8.38. The van der Waals surface area contributed by atoms with Crippen molar-refractivity contribution in [3.63, 3.8) is 0 Å². The maximum atomic E-state index is 11.4. The van der Waals surface area contributed by atoms with Gasteiger partial charge in [0.1, 0.15) is 5.78 Å². The summed E-state index contributed by atoms with van der Waals surface area (Å²) in [6.45, 7) is 3.37. The summed E-state index contributed by atoms with van der Waals surface area (Å²) >= 11 is 3.23. The number of alkyl halides is 1. The van der Waals surface area contributed by atoms with Crippen molar-refractivity contribution in [2.75, 3.05) is 0 Å². The minimum absolute atomic E-state index is 0.137. The third-order valence-corrected chi connectivity index (χ3v) is 3.86. The number of Topliss-reactive ketones (excluding diaryl/α,β-unsaturated/α-hetero) is 1. The van der Waals surface area contributed by atoms with Gasteiger partial charge in [-0.15, -0.1) is 0 Å². The average molecular weight is 315 g/mol. The van der Waals surface area contributed by atoms with Crippen molar-refractivity contribution in [2.24, 2.45) is 0 Å². The van der Waals surface area contributed by atoms with Crippen LogP contribution >= 0.6 is 15.9 Å². The fourth-order valence-electron chi connectivity index (χ4n) is 1.66. The number of carbonyl (C=O) groups is 2. The Hall–Kier alpha value is -1.20. The average Bonchev–Trinajstić information content (AvgIpc) is 2.35. The quantitative estimate of drug-likeness (QED) is 0.818. The molecule has 4 nitrogen and oxygen atoms in total. The standard InChI is InChI=1S/C13H15BrO4/c1-3-8-4-5-9(12(16)13(17)18)10(6-8)11(14)7(2)15/h4-6,11-12,16H,3H2,1-2H3,(H,17,18). The molecule has 1 aromatic rings. The van der Waals surface area contributed by atoms with Crippen molar-refractivity contribution in [2.45, 2.75) is 31.2 Å². The van der Waals surface area contributed by atoms with Crippen LogP contribution in [0.1, 0.15) is 41.5 Å². The Morgan fingerprint density at radius 1 is 1.33 bits per heavy atom. The summed E-state index contributed by atoms with van der Waals surface area (Å²) in [4.78, 5) is 21.7. The predicted molar refractivity (Wildman–Crippen MR) is 70.8 cm³/mol. The predicted octanol–water partition coefficient (Wildman–Crippen LogP) is 2.39. The number of aliphatic carboxylic acids is 1. The number of ketones is 1. The first kappa shape index (κ1) is 14.9. The van der Waals surface area contributed by atoms with Gasteiger partial charge in [0.2, 0.25) is 0 Å². The molecule has 0 aliphatic rings. The highest BCUT2D eigenvalue weighted by Gasteiger charge is 2.24. The fourth-order valence-corrected chi connectivity index (χ4v) is 2.06. The van der Waals surface area contributed by atoms with Crippen LogP contribution in [0.15, 0.2) is 18.2 Å². The van der Waals surface area contributed by atoms with Gasteiger partial charge < -0.3 is 10.2 Å². The number of benzene rings is 1. The number of hydrogen-bond donors (Lipinski definition) is 2. The summed E-state index contributed by atoms with van der Waals surface area (Å²) in [5.41, 5.74) is 1.74. The highest BCUT2D eigenvalue weighted by molar-refractivity contribution is 9.09. The van der Waals surface area contributed by atoms with E-state index in [4.69, 9.17) is 5.11 Å². The van der Waals surface area contributed by atoms with E-state index in [9.17, 15) is 14.7 Å². The van der Waals surface area contributed by atoms with Crippen molar-refractivity contribution in [1.29, 1.82) is 0 Å². The van der Waals surface area contributed by atoms with E-state index in [1.807, 2.05) is 6.92 Å². The second-order valence-corrected chi connectivity index (χ2v) is 4.95. The van der Waals surface area contributed by atoms with Gasteiger partial charge in [0, 0.05) is 0 Å². The lowest BCUT2D eigenvalue weighted by atomic mass is 9.95. The molecule has 1 rings (SSSR count). The molecule has 0 heterocycles. The number of rotatable bonds is 5. The van der Waals surface area contributed by atoms with Crippen LogP contribution in [-0.4, -0.2) is 22.0 Å². The lowest BCUT2D eigenvalue weighted by molar-refractivity contribution is -0.147. The van der Waals surface area contributed by atoms with E-state index in [1.54, 1.807) is 18.2 Å². The SMILES string of the molecule is CCc1ccc(C(O)C(=O)O)c(C(Br)C(C)=O)c1.